The molecule has 1 aliphatic heterocycles. The van der Waals surface area contributed by atoms with Gasteiger partial charge in [-0.3, -0.25) is 9.36 Å². The molecule has 2 heterocycles. The van der Waals surface area contributed by atoms with Crippen molar-refractivity contribution >= 4 is 45.3 Å². The van der Waals surface area contributed by atoms with E-state index in [0.29, 0.717) is 18.0 Å². The molecule has 0 saturated heterocycles. The smallest absolute Gasteiger partial charge is 0.310 e. The van der Waals surface area contributed by atoms with Gasteiger partial charge in [-0.2, -0.15) is 10.2 Å². The van der Waals surface area contributed by atoms with E-state index >= 15 is 0 Å². The van der Waals surface area contributed by atoms with Crippen LogP contribution in [0.4, 0.5) is 0 Å². The number of hydrogen-bond acceptors (Lipinski definition) is 6. The SMILES string of the molecule is CCOc1ccc(-c2cccc(C(=C3C=NN=C3)c3sc(=O)n(CC)c3O)c2)cc1Br. The van der Waals surface area contributed by atoms with E-state index in [9.17, 15) is 9.90 Å². The van der Waals surface area contributed by atoms with Crippen LogP contribution in [0.1, 0.15) is 24.3 Å². The molecule has 1 aromatic heterocycles. The van der Waals surface area contributed by atoms with E-state index in [-0.39, 0.29) is 10.8 Å². The highest BCUT2D eigenvalue weighted by molar-refractivity contribution is 9.10. The minimum absolute atomic E-state index is 0.0390. The molecule has 0 bridgehead atoms. The highest BCUT2D eigenvalue weighted by Gasteiger charge is 2.22. The Bertz CT molecular complexity index is 1270. The Morgan fingerprint density at radius 2 is 1.87 bits per heavy atom. The number of benzene rings is 2. The number of aromatic hydroxyl groups is 1. The molecule has 31 heavy (non-hydrogen) atoms. The molecule has 1 N–H and O–H groups in total. The van der Waals surface area contributed by atoms with Crippen LogP contribution in [0, 0.1) is 0 Å². The molecular formula is C23H20BrN3O3S. The molecule has 0 radical (unpaired) electrons. The van der Waals surface area contributed by atoms with Gasteiger partial charge in [-0.25, -0.2) is 0 Å². The molecule has 0 fully saturated rings. The highest BCUT2D eigenvalue weighted by Crippen LogP contribution is 2.37. The fourth-order valence-electron chi connectivity index (χ4n) is 3.43. The lowest BCUT2D eigenvalue weighted by molar-refractivity contribution is 0.338. The second-order valence-corrected chi connectivity index (χ2v) is 8.56. The maximum atomic E-state index is 12.4. The van der Waals surface area contributed by atoms with E-state index in [2.05, 4.69) is 26.1 Å². The van der Waals surface area contributed by atoms with Gasteiger partial charge in [0.15, 0.2) is 0 Å². The standard InChI is InChI=1S/C23H20BrN3O3S/c1-3-27-22(28)21(31-23(27)29)20(17-12-25-26-13-17)16-7-5-6-14(10-16)15-8-9-19(30-4-2)18(24)11-15/h5-13,28H,3-4H2,1-2H3. The second-order valence-electron chi connectivity index (χ2n) is 6.74. The molecule has 0 saturated carbocycles. The molecule has 0 amide bonds. The first-order chi connectivity index (χ1) is 15.0. The summed E-state index contributed by atoms with van der Waals surface area (Å²) in [4.78, 5) is 12.7. The number of rotatable bonds is 6. The molecule has 0 spiro atoms. The van der Waals surface area contributed by atoms with Crippen LogP contribution < -0.4 is 9.61 Å². The van der Waals surface area contributed by atoms with E-state index in [1.165, 1.54) is 4.57 Å². The monoisotopic (exact) mass is 497 g/mol. The Kier molecular flexibility index (Phi) is 6.20. The Balaban J connectivity index is 1.85. The van der Waals surface area contributed by atoms with Crippen molar-refractivity contribution in [3.8, 4) is 22.8 Å². The summed E-state index contributed by atoms with van der Waals surface area (Å²) < 4.78 is 7.85. The third-order valence-corrected chi connectivity index (χ3v) is 6.48. The Morgan fingerprint density at radius 3 is 2.52 bits per heavy atom. The Morgan fingerprint density at radius 1 is 1.13 bits per heavy atom. The van der Waals surface area contributed by atoms with E-state index in [1.54, 1.807) is 12.4 Å². The summed E-state index contributed by atoms with van der Waals surface area (Å²) in [6, 6.07) is 13.9. The van der Waals surface area contributed by atoms with Crippen LogP contribution in [0.3, 0.4) is 0 Å². The zero-order valence-corrected chi connectivity index (χ0v) is 19.4. The molecule has 4 rings (SSSR count). The molecule has 0 unspecified atom stereocenters. The normalized spacial score (nSPS) is 12.5. The number of hydrogen-bond donors (Lipinski definition) is 1. The summed E-state index contributed by atoms with van der Waals surface area (Å²) in [5.41, 5.74) is 4.33. The van der Waals surface area contributed by atoms with Crippen LogP contribution in [0.15, 0.2) is 67.5 Å². The number of ether oxygens (including phenoxy) is 1. The van der Waals surface area contributed by atoms with Gasteiger partial charge in [0.05, 0.1) is 23.5 Å². The molecule has 0 aliphatic carbocycles. The zero-order valence-electron chi connectivity index (χ0n) is 17.0. The summed E-state index contributed by atoms with van der Waals surface area (Å²) >= 11 is 4.59. The highest BCUT2D eigenvalue weighted by atomic mass is 79.9. The number of halogens is 1. The van der Waals surface area contributed by atoms with Gasteiger partial charge in [-0.05, 0) is 64.7 Å². The van der Waals surface area contributed by atoms with Crippen molar-refractivity contribution in [2.24, 2.45) is 10.2 Å². The minimum atomic E-state index is -0.202. The lowest BCUT2D eigenvalue weighted by atomic mass is 9.95. The quantitative estimate of drug-likeness (QED) is 0.499. The minimum Gasteiger partial charge on any atom is -0.493 e. The molecule has 8 heteroatoms. The van der Waals surface area contributed by atoms with Gasteiger partial charge >= 0.3 is 4.87 Å². The van der Waals surface area contributed by atoms with Crippen molar-refractivity contribution in [1.29, 1.82) is 0 Å². The van der Waals surface area contributed by atoms with Crippen molar-refractivity contribution in [3.63, 3.8) is 0 Å². The predicted octanol–water partition coefficient (Wildman–Crippen LogP) is 5.34. The van der Waals surface area contributed by atoms with Gasteiger partial charge < -0.3 is 9.84 Å². The van der Waals surface area contributed by atoms with E-state index in [1.807, 2.05) is 56.3 Å². The van der Waals surface area contributed by atoms with Gasteiger partial charge in [0.25, 0.3) is 0 Å². The van der Waals surface area contributed by atoms with Crippen molar-refractivity contribution in [1.82, 2.24) is 4.57 Å². The molecule has 1 aliphatic rings. The van der Waals surface area contributed by atoms with E-state index in [4.69, 9.17) is 4.74 Å². The largest absolute Gasteiger partial charge is 0.493 e. The van der Waals surface area contributed by atoms with Crippen molar-refractivity contribution in [2.75, 3.05) is 6.61 Å². The summed E-state index contributed by atoms with van der Waals surface area (Å²) in [7, 11) is 0. The molecular weight excluding hydrogens is 478 g/mol. The van der Waals surface area contributed by atoms with Gasteiger partial charge in [0, 0.05) is 17.7 Å². The lowest BCUT2D eigenvalue weighted by Gasteiger charge is -2.12. The maximum Gasteiger partial charge on any atom is 0.310 e. The van der Waals surface area contributed by atoms with Crippen LogP contribution in [-0.2, 0) is 6.54 Å². The van der Waals surface area contributed by atoms with Crippen LogP contribution in [-0.4, -0.2) is 28.7 Å². The van der Waals surface area contributed by atoms with Crippen LogP contribution in [0.25, 0.3) is 16.7 Å². The van der Waals surface area contributed by atoms with Gasteiger partial charge in [0.1, 0.15) is 10.6 Å². The molecule has 6 nitrogen and oxygen atoms in total. The topological polar surface area (TPSA) is 76.2 Å². The molecule has 3 aromatic rings. The first kappa shape index (κ1) is 21.3. The Labute approximate surface area is 192 Å². The average Bonchev–Trinajstić information content (AvgIpc) is 3.39. The van der Waals surface area contributed by atoms with Crippen LogP contribution in [0.5, 0.6) is 11.6 Å². The average molecular weight is 498 g/mol. The van der Waals surface area contributed by atoms with E-state index < -0.39 is 0 Å². The van der Waals surface area contributed by atoms with Gasteiger partial charge in [-0.15, -0.1) is 0 Å². The third kappa shape index (κ3) is 4.13. The van der Waals surface area contributed by atoms with Gasteiger partial charge in [-0.1, -0.05) is 35.6 Å². The molecule has 0 atom stereocenters. The number of aromatic nitrogens is 1. The van der Waals surface area contributed by atoms with Crippen molar-refractivity contribution in [3.05, 3.63) is 72.6 Å². The maximum absolute atomic E-state index is 12.4. The summed E-state index contributed by atoms with van der Waals surface area (Å²) in [5, 5.41) is 18.6. The molecule has 158 valence electrons. The summed E-state index contributed by atoms with van der Waals surface area (Å²) in [5.74, 6) is 0.752. The van der Waals surface area contributed by atoms with Crippen LogP contribution in [0.2, 0.25) is 0 Å². The zero-order chi connectivity index (χ0) is 22.0. The third-order valence-electron chi connectivity index (χ3n) is 4.88. The first-order valence-corrected chi connectivity index (χ1v) is 11.4. The van der Waals surface area contributed by atoms with Gasteiger partial charge in [0.2, 0.25) is 5.88 Å². The van der Waals surface area contributed by atoms with Crippen molar-refractivity contribution < 1.29 is 9.84 Å². The first-order valence-electron chi connectivity index (χ1n) is 9.80. The summed E-state index contributed by atoms with van der Waals surface area (Å²) in [6.45, 7) is 4.76. The fourth-order valence-corrected chi connectivity index (χ4v) is 4.96. The number of thiazole rings is 1. The molecule has 2 aromatic carbocycles. The number of nitrogens with zero attached hydrogens (tertiary/aromatic N) is 3. The Hall–Kier alpha value is -2.97. The predicted molar refractivity (Wildman–Crippen MR) is 130 cm³/mol. The van der Waals surface area contributed by atoms with Crippen LogP contribution >= 0.6 is 27.3 Å². The second kappa shape index (κ2) is 9.03. The van der Waals surface area contributed by atoms with E-state index in [0.717, 1.165) is 49.4 Å². The van der Waals surface area contributed by atoms with Crippen molar-refractivity contribution in [2.45, 2.75) is 20.4 Å². The number of allylic oxidation sites excluding steroid dienone is 1. The summed E-state index contributed by atoms with van der Waals surface area (Å²) in [6.07, 6.45) is 3.27. The lowest BCUT2D eigenvalue weighted by Crippen LogP contribution is -2.10. The fraction of sp³-hybridized carbons (Fsp3) is 0.174.